The van der Waals surface area contributed by atoms with E-state index in [1.165, 1.54) is 18.1 Å². The average Bonchev–Trinajstić information content (AvgIpc) is 3.15. The first kappa shape index (κ1) is 26.1. The molecule has 1 aromatic carbocycles. The highest BCUT2D eigenvalue weighted by molar-refractivity contribution is 9.10. The van der Waals surface area contributed by atoms with Gasteiger partial charge in [0.05, 0.1) is 12.6 Å². The number of anilines is 1. The van der Waals surface area contributed by atoms with Gasteiger partial charge in [0, 0.05) is 30.8 Å². The maximum absolute atomic E-state index is 12.2. The number of amides is 1. The molecule has 0 fully saturated rings. The molecule has 0 saturated carbocycles. The van der Waals surface area contributed by atoms with Crippen molar-refractivity contribution in [1.82, 2.24) is 20.3 Å². The first-order chi connectivity index (χ1) is 16.2. The first-order valence-electron chi connectivity index (χ1n) is 10.8. The number of aromatic amines is 1. The SMILES string of the molecule is COC[C@H](COc1c(Cl)nc(Br)nc1NCCc1c[nH]c2ccccc12)NC(=O)OC(C)(C)C. The van der Waals surface area contributed by atoms with Gasteiger partial charge in [0.15, 0.2) is 21.5 Å². The number of rotatable bonds is 10. The first-order valence-corrected chi connectivity index (χ1v) is 12.0. The minimum atomic E-state index is -0.618. The fourth-order valence-electron chi connectivity index (χ4n) is 3.29. The molecule has 0 unspecified atom stereocenters. The fraction of sp³-hybridized carbons (Fsp3) is 0.435. The van der Waals surface area contributed by atoms with E-state index in [2.05, 4.69) is 47.6 Å². The van der Waals surface area contributed by atoms with Gasteiger partial charge in [0.1, 0.15) is 12.2 Å². The molecule has 0 spiro atoms. The van der Waals surface area contributed by atoms with Gasteiger partial charge < -0.3 is 29.8 Å². The molecule has 3 aromatic rings. The Morgan fingerprint density at radius 1 is 1.24 bits per heavy atom. The number of para-hydroxylation sites is 1. The summed E-state index contributed by atoms with van der Waals surface area (Å²) in [6.07, 6.45) is 2.20. The zero-order valence-electron chi connectivity index (χ0n) is 19.6. The van der Waals surface area contributed by atoms with Crippen LogP contribution in [-0.2, 0) is 15.9 Å². The van der Waals surface area contributed by atoms with E-state index < -0.39 is 17.7 Å². The number of ether oxygens (including phenoxy) is 3. The number of hydrogen-bond acceptors (Lipinski definition) is 7. The lowest BCUT2D eigenvalue weighted by atomic mass is 10.1. The number of carbonyl (C=O) groups is 1. The summed E-state index contributed by atoms with van der Waals surface area (Å²) in [6.45, 7) is 6.27. The second-order valence-electron chi connectivity index (χ2n) is 8.61. The molecule has 184 valence electrons. The van der Waals surface area contributed by atoms with E-state index in [-0.39, 0.29) is 24.1 Å². The van der Waals surface area contributed by atoms with Gasteiger partial charge in [-0.15, -0.1) is 0 Å². The summed E-state index contributed by atoms with van der Waals surface area (Å²) in [5, 5.41) is 7.35. The highest BCUT2D eigenvalue weighted by Crippen LogP contribution is 2.31. The molecule has 34 heavy (non-hydrogen) atoms. The van der Waals surface area contributed by atoms with Crippen molar-refractivity contribution < 1.29 is 19.0 Å². The van der Waals surface area contributed by atoms with Crippen LogP contribution in [0.1, 0.15) is 26.3 Å². The average molecular weight is 555 g/mol. The molecule has 0 aliphatic carbocycles. The van der Waals surface area contributed by atoms with Crippen molar-refractivity contribution in [3.05, 3.63) is 45.9 Å². The number of H-pyrrole nitrogens is 1. The second-order valence-corrected chi connectivity index (χ2v) is 9.67. The zero-order valence-corrected chi connectivity index (χ0v) is 21.9. The highest BCUT2D eigenvalue weighted by atomic mass is 79.9. The molecular weight excluding hydrogens is 526 g/mol. The number of halogens is 2. The Balaban J connectivity index is 1.66. The smallest absolute Gasteiger partial charge is 0.408 e. The van der Waals surface area contributed by atoms with Gasteiger partial charge in [-0.3, -0.25) is 0 Å². The number of carbonyl (C=O) groups excluding carboxylic acids is 1. The minimum absolute atomic E-state index is 0.0783. The summed E-state index contributed by atoms with van der Waals surface area (Å²) < 4.78 is 16.8. The molecule has 11 heteroatoms. The third kappa shape index (κ3) is 7.48. The summed E-state index contributed by atoms with van der Waals surface area (Å²) in [5.74, 6) is 0.732. The molecule has 9 nitrogen and oxygen atoms in total. The lowest BCUT2D eigenvalue weighted by molar-refractivity contribution is 0.0438. The number of alkyl carbamates (subject to hydrolysis) is 1. The summed E-state index contributed by atoms with van der Waals surface area (Å²) in [6, 6.07) is 7.67. The van der Waals surface area contributed by atoms with Crippen LogP contribution in [0.5, 0.6) is 5.75 Å². The van der Waals surface area contributed by atoms with Crippen LogP contribution in [0.4, 0.5) is 10.6 Å². The fourth-order valence-corrected chi connectivity index (χ4v) is 3.97. The number of hydrogen-bond donors (Lipinski definition) is 3. The van der Waals surface area contributed by atoms with Gasteiger partial charge in [0.2, 0.25) is 0 Å². The van der Waals surface area contributed by atoms with Crippen molar-refractivity contribution in [2.45, 2.75) is 38.8 Å². The van der Waals surface area contributed by atoms with E-state index in [1.54, 1.807) is 20.8 Å². The van der Waals surface area contributed by atoms with E-state index >= 15 is 0 Å². The molecule has 3 N–H and O–H groups in total. The second kappa shape index (κ2) is 11.7. The number of methoxy groups -OCH3 is 1. The number of fused-ring (bicyclic) bond motifs is 1. The number of benzene rings is 1. The van der Waals surface area contributed by atoms with Crippen molar-refractivity contribution in [2.24, 2.45) is 0 Å². The monoisotopic (exact) mass is 553 g/mol. The number of aromatic nitrogens is 3. The molecule has 1 amide bonds. The van der Waals surface area contributed by atoms with E-state index in [0.717, 1.165) is 11.9 Å². The lowest BCUT2D eigenvalue weighted by Crippen LogP contribution is -2.44. The summed E-state index contributed by atoms with van der Waals surface area (Å²) in [7, 11) is 1.54. The number of nitrogens with zero attached hydrogens (tertiary/aromatic N) is 2. The largest absolute Gasteiger partial charge is 0.485 e. The Labute approximate surface area is 212 Å². The highest BCUT2D eigenvalue weighted by Gasteiger charge is 2.22. The third-order valence-corrected chi connectivity index (χ3v) is 5.29. The minimum Gasteiger partial charge on any atom is -0.485 e. The van der Waals surface area contributed by atoms with Gasteiger partial charge in [-0.1, -0.05) is 29.8 Å². The van der Waals surface area contributed by atoms with Crippen LogP contribution < -0.4 is 15.4 Å². The van der Waals surface area contributed by atoms with Gasteiger partial charge >= 0.3 is 6.09 Å². The Bertz CT molecular complexity index is 1120. The Morgan fingerprint density at radius 3 is 2.74 bits per heavy atom. The molecule has 3 rings (SSSR count). The standard InChI is InChI=1S/C23H29BrClN5O4/c1-23(2,3)34-22(31)28-15(12-32-4)13-33-18-19(25)29-21(24)30-20(18)26-10-9-14-11-27-17-8-6-5-7-16(14)17/h5-8,11,15,27H,9-10,12-13H2,1-4H3,(H,28,31)(H,26,29,30)/t15-/m1/s1. The van der Waals surface area contributed by atoms with Crippen molar-refractivity contribution in [3.63, 3.8) is 0 Å². The molecule has 0 bridgehead atoms. The summed E-state index contributed by atoms with van der Waals surface area (Å²) in [5.41, 5.74) is 1.66. The Kier molecular flexibility index (Phi) is 8.98. The van der Waals surface area contributed by atoms with Crippen LogP contribution >= 0.6 is 27.5 Å². The van der Waals surface area contributed by atoms with Crippen molar-refractivity contribution >= 4 is 50.3 Å². The molecular formula is C23H29BrClN5O4. The van der Waals surface area contributed by atoms with Crippen LogP contribution in [0.15, 0.2) is 35.2 Å². The molecule has 2 aromatic heterocycles. The van der Waals surface area contributed by atoms with E-state index in [1.807, 2.05) is 24.4 Å². The van der Waals surface area contributed by atoms with E-state index in [0.29, 0.717) is 17.1 Å². The Hall–Kier alpha value is -2.56. The molecule has 2 heterocycles. The maximum Gasteiger partial charge on any atom is 0.408 e. The zero-order chi connectivity index (χ0) is 24.7. The van der Waals surface area contributed by atoms with Crippen LogP contribution in [0.2, 0.25) is 5.15 Å². The maximum atomic E-state index is 12.2. The molecule has 0 aliphatic rings. The van der Waals surface area contributed by atoms with Gasteiger partial charge in [0.25, 0.3) is 0 Å². The molecule has 0 aliphatic heterocycles. The third-order valence-electron chi connectivity index (χ3n) is 4.68. The van der Waals surface area contributed by atoms with Crippen LogP contribution in [-0.4, -0.2) is 59.6 Å². The van der Waals surface area contributed by atoms with E-state index in [4.69, 9.17) is 25.8 Å². The topological polar surface area (TPSA) is 110 Å². The number of nitrogens with one attached hydrogen (secondary N) is 3. The van der Waals surface area contributed by atoms with Gasteiger partial charge in [-0.2, -0.15) is 0 Å². The van der Waals surface area contributed by atoms with Crippen LogP contribution in [0, 0.1) is 0 Å². The predicted molar refractivity (Wildman–Crippen MR) is 136 cm³/mol. The van der Waals surface area contributed by atoms with Gasteiger partial charge in [-0.25, -0.2) is 14.8 Å². The lowest BCUT2D eigenvalue weighted by Gasteiger charge is -2.24. The van der Waals surface area contributed by atoms with Crippen LogP contribution in [0.25, 0.3) is 10.9 Å². The van der Waals surface area contributed by atoms with Crippen LogP contribution in [0.3, 0.4) is 0 Å². The summed E-state index contributed by atoms with van der Waals surface area (Å²) in [4.78, 5) is 23.9. The summed E-state index contributed by atoms with van der Waals surface area (Å²) >= 11 is 9.63. The van der Waals surface area contributed by atoms with Crippen molar-refractivity contribution in [2.75, 3.05) is 32.2 Å². The molecule has 1 atom stereocenters. The molecule has 0 radical (unpaired) electrons. The normalized spacial score (nSPS) is 12.4. The van der Waals surface area contributed by atoms with Crippen molar-refractivity contribution in [3.8, 4) is 5.75 Å². The quantitative estimate of drug-likeness (QED) is 0.240. The predicted octanol–water partition coefficient (Wildman–Crippen LogP) is 4.95. The van der Waals surface area contributed by atoms with E-state index in [9.17, 15) is 4.79 Å². The Morgan fingerprint density at radius 2 is 2.00 bits per heavy atom. The molecule has 0 saturated heterocycles. The van der Waals surface area contributed by atoms with Gasteiger partial charge in [-0.05, 0) is 54.8 Å². The van der Waals surface area contributed by atoms with Crippen molar-refractivity contribution in [1.29, 1.82) is 0 Å².